The number of anilines is 1. The first-order valence-electron chi connectivity index (χ1n) is 9.53. The van der Waals surface area contributed by atoms with Crippen LogP contribution in [0.4, 0.5) is 5.69 Å². The Hall–Kier alpha value is -1.73. The Balaban J connectivity index is 1.39. The smallest absolute Gasteiger partial charge is 0.200 e. The zero-order valence-corrected chi connectivity index (χ0v) is 14.7. The monoisotopic (exact) mass is 342 g/mol. The fraction of sp³-hybridized carbons (Fsp3) is 0.722. The molecule has 3 heterocycles. The standard InChI is InChI=1S/C18H26N6O/c1-11-4-16(18-22-20-10-24(18)23-11)21-15-5-13-7-19-8-14(13)6-17(15)25-9-12-2-3-12/h4,10,12-15,17,19,21H,2-3,5-9H2,1H3/t13-,14+,15-,17-/m0/s1. The molecule has 5 rings (SSSR count). The van der Waals surface area contributed by atoms with Crippen LogP contribution in [0.25, 0.3) is 5.65 Å². The third-order valence-electron chi connectivity index (χ3n) is 5.99. The Morgan fingerprint density at radius 3 is 2.96 bits per heavy atom. The molecule has 2 aliphatic carbocycles. The lowest BCUT2D eigenvalue weighted by Crippen LogP contribution is -2.45. The summed E-state index contributed by atoms with van der Waals surface area (Å²) in [5.41, 5.74) is 2.76. The van der Waals surface area contributed by atoms with E-state index in [-0.39, 0.29) is 6.10 Å². The van der Waals surface area contributed by atoms with Crippen molar-refractivity contribution in [3.8, 4) is 0 Å². The highest BCUT2D eigenvalue weighted by atomic mass is 16.5. The third kappa shape index (κ3) is 3.11. The van der Waals surface area contributed by atoms with Crippen LogP contribution < -0.4 is 10.6 Å². The summed E-state index contributed by atoms with van der Waals surface area (Å²) < 4.78 is 8.13. The summed E-state index contributed by atoms with van der Waals surface area (Å²) in [6, 6.07) is 2.39. The van der Waals surface area contributed by atoms with Gasteiger partial charge in [0, 0.05) is 6.61 Å². The predicted octanol–water partition coefficient (Wildman–Crippen LogP) is 1.64. The van der Waals surface area contributed by atoms with Gasteiger partial charge in [0.2, 0.25) is 5.65 Å². The Labute approximate surface area is 147 Å². The summed E-state index contributed by atoms with van der Waals surface area (Å²) in [5, 5.41) is 20.0. The Bertz CT molecular complexity index is 757. The van der Waals surface area contributed by atoms with Crippen molar-refractivity contribution in [2.75, 3.05) is 25.0 Å². The van der Waals surface area contributed by atoms with E-state index >= 15 is 0 Å². The zero-order valence-electron chi connectivity index (χ0n) is 14.7. The molecule has 0 spiro atoms. The van der Waals surface area contributed by atoms with E-state index in [0.717, 1.165) is 67.3 Å². The van der Waals surface area contributed by atoms with Gasteiger partial charge in [0.15, 0.2) is 0 Å². The average molecular weight is 342 g/mol. The van der Waals surface area contributed by atoms with Crippen molar-refractivity contribution >= 4 is 11.3 Å². The van der Waals surface area contributed by atoms with Gasteiger partial charge < -0.3 is 15.4 Å². The van der Waals surface area contributed by atoms with Crippen LogP contribution in [0.5, 0.6) is 0 Å². The molecule has 2 N–H and O–H groups in total. The maximum atomic E-state index is 6.37. The minimum absolute atomic E-state index is 0.276. The molecule has 0 unspecified atom stereocenters. The second kappa shape index (κ2) is 6.21. The van der Waals surface area contributed by atoms with Gasteiger partial charge in [-0.2, -0.15) is 9.61 Å². The minimum Gasteiger partial charge on any atom is -0.377 e. The SMILES string of the molecule is Cc1cc(N[C@H]2C[C@H]3CNC[C@H]3C[C@@H]2OCC2CC2)c2nncn2n1. The van der Waals surface area contributed by atoms with Crippen LogP contribution >= 0.6 is 0 Å². The number of hydrogen-bond acceptors (Lipinski definition) is 6. The Morgan fingerprint density at radius 1 is 1.28 bits per heavy atom. The zero-order chi connectivity index (χ0) is 16.8. The van der Waals surface area contributed by atoms with Crippen LogP contribution in [0.3, 0.4) is 0 Å². The highest BCUT2D eigenvalue weighted by molar-refractivity contribution is 5.67. The van der Waals surface area contributed by atoms with E-state index in [0.29, 0.717) is 6.04 Å². The van der Waals surface area contributed by atoms with Crippen molar-refractivity contribution in [2.45, 2.75) is 44.8 Å². The summed E-state index contributed by atoms with van der Waals surface area (Å²) in [6.07, 6.45) is 6.90. The van der Waals surface area contributed by atoms with Crippen molar-refractivity contribution in [1.29, 1.82) is 0 Å². The maximum Gasteiger partial charge on any atom is 0.200 e. The lowest BCUT2D eigenvalue weighted by Gasteiger charge is -2.39. The lowest BCUT2D eigenvalue weighted by molar-refractivity contribution is -0.00783. The molecule has 1 saturated heterocycles. The number of rotatable bonds is 5. The minimum atomic E-state index is 0.276. The summed E-state index contributed by atoms with van der Waals surface area (Å²) in [6.45, 7) is 5.20. The quantitative estimate of drug-likeness (QED) is 0.860. The van der Waals surface area contributed by atoms with Crippen molar-refractivity contribution in [3.05, 3.63) is 18.1 Å². The van der Waals surface area contributed by atoms with E-state index < -0.39 is 0 Å². The summed E-state index contributed by atoms with van der Waals surface area (Å²) in [4.78, 5) is 0. The molecule has 2 aromatic heterocycles. The first-order chi connectivity index (χ1) is 12.3. The Kier molecular flexibility index (Phi) is 3.86. The average Bonchev–Trinajstić information content (AvgIpc) is 3.11. The van der Waals surface area contributed by atoms with Gasteiger partial charge in [0.05, 0.1) is 23.5 Å². The van der Waals surface area contributed by atoms with Crippen molar-refractivity contribution in [2.24, 2.45) is 17.8 Å². The summed E-state index contributed by atoms with van der Waals surface area (Å²) >= 11 is 0. The third-order valence-corrected chi connectivity index (χ3v) is 5.99. The van der Waals surface area contributed by atoms with Crippen molar-refractivity contribution in [3.63, 3.8) is 0 Å². The molecule has 0 amide bonds. The molecular weight excluding hydrogens is 316 g/mol. The van der Waals surface area contributed by atoms with Crippen LogP contribution in [-0.2, 0) is 4.74 Å². The van der Waals surface area contributed by atoms with Crippen LogP contribution in [0, 0.1) is 24.7 Å². The lowest BCUT2D eigenvalue weighted by atomic mass is 9.77. The molecule has 0 radical (unpaired) electrons. The molecule has 7 heteroatoms. The molecule has 0 aromatic carbocycles. The summed E-state index contributed by atoms with van der Waals surface area (Å²) in [5.74, 6) is 2.30. The fourth-order valence-electron chi connectivity index (χ4n) is 4.42. The second-order valence-electron chi connectivity index (χ2n) is 8.01. The molecular formula is C18H26N6O. The normalized spacial score (nSPS) is 32.0. The number of ether oxygens (including phenoxy) is 1. The van der Waals surface area contributed by atoms with E-state index in [1.807, 2.05) is 6.92 Å². The molecule has 25 heavy (non-hydrogen) atoms. The van der Waals surface area contributed by atoms with Gasteiger partial charge in [0.1, 0.15) is 6.33 Å². The van der Waals surface area contributed by atoms with Crippen LogP contribution in [0.1, 0.15) is 31.4 Å². The molecule has 2 saturated carbocycles. The van der Waals surface area contributed by atoms with Crippen molar-refractivity contribution in [1.82, 2.24) is 25.1 Å². The van der Waals surface area contributed by atoms with Gasteiger partial charge >= 0.3 is 0 Å². The molecule has 3 fully saturated rings. The van der Waals surface area contributed by atoms with Gasteiger partial charge in [-0.15, -0.1) is 10.2 Å². The molecule has 4 atom stereocenters. The topological polar surface area (TPSA) is 76.4 Å². The number of fused-ring (bicyclic) bond motifs is 2. The number of nitrogens with one attached hydrogen (secondary N) is 2. The molecule has 3 aliphatic rings. The van der Waals surface area contributed by atoms with Crippen LogP contribution in [0.2, 0.25) is 0 Å². The molecule has 7 nitrogen and oxygen atoms in total. The number of nitrogens with zero attached hydrogens (tertiary/aromatic N) is 4. The van der Waals surface area contributed by atoms with Gasteiger partial charge in [-0.25, -0.2) is 0 Å². The van der Waals surface area contributed by atoms with E-state index in [2.05, 4.69) is 32.0 Å². The molecule has 0 bridgehead atoms. The van der Waals surface area contributed by atoms with Crippen molar-refractivity contribution < 1.29 is 4.74 Å². The number of aromatic nitrogens is 4. The maximum absolute atomic E-state index is 6.37. The largest absolute Gasteiger partial charge is 0.377 e. The van der Waals surface area contributed by atoms with E-state index in [9.17, 15) is 0 Å². The summed E-state index contributed by atoms with van der Waals surface area (Å²) in [7, 11) is 0. The number of aryl methyl sites for hydroxylation is 1. The second-order valence-corrected chi connectivity index (χ2v) is 8.01. The highest BCUT2D eigenvalue weighted by Gasteiger charge is 2.40. The van der Waals surface area contributed by atoms with Crippen LogP contribution in [-0.4, -0.2) is 51.7 Å². The van der Waals surface area contributed by atoms with Gasteiger partial charge in [-0.1, -0.05) is 0 Å². The molecule has 1 aliphatic heterocycles. The first-order valence-corrected chi connectivity index (χ1v) is 9.53. The highest BCUT2D eigenvalue weighted by Crippen LogP contribution is 2.37. The Morgan fingerprint density at radius 2 is 2.12 bits per heavy atom. The fourth-order valence-corrected chi connectivity index (χ4v) is 4.42. The van der Waals surface area contributed by atoms with E-state index in [1.165, 1.54) is 12.8 Å². The van der Waals surface area contributed by atoms with Gasteiger partial charge in [-0.3, -0.25) is 0 Å². The van der Waals surface area contributed by atoms with E-state index in [4.69, 9.17) is 4.74 Å². The van der Waals surface area contributed by atoms with Gasteiger partial charge in [-0.05, 0) is 69.5 Å². The molecule has 2 aromatic rings. The van der Waals surface area contributed by atoms with E-state index in [1.54, 1.807) is 10.8 Å². The molecule has 134 valence electrons. The van der Waals surface area contributed by atoms with Crippen LogP contribution in [0.15, 0.2) is 12.4 Å². The van der Waals surface area contributed by atoms with Gasteiger partial charge in [0.25, 0.3) is 0 Å². The predicted molar refractivity (Wildman–Crippen MR) is 94.5 cm³/mol. The number of hydrogen-bond donors (Lipinski definition) is 2. The first kappa shape index (κ1) is 15.5.